The largest absolute Gasteiger partial charge is 0.416 e. The van der Waals surface area contributed by atoms with Crippen LogP contribution >= 0.6 is 11.8 Å². The molecule has 0 unspecified atom stereocenters. The molecule has 0 bridgehead atoms. The minimum atomic E-state index is -4.98. The summed E-state index contributed by atoms with van der Waals surface area (Å²) in [5.74, 6) is 0.339. The fourth-order valence-corrected chi connectivity index (χ4v) is 4.91. The van der Waals surface area contributed by atoms with Crippen LogP contribution in [0.4, 0.5) is 31.1 Å². The van der Waals surface area contributed by atoms with E-state index < -0.39 is 23.5 Å². The van der Waals surface area contributed by atoms with Crippen LogP contribution in [0.25, 0.3) is 17.0 Å². The predicted molar refractivity (Wildman–Crippen MR) is 140 cm³/mol. The van der Waals surface area contributed by atoms with E-state index in [9.17, 15) is 35.9 Å². The molecule has 1 saturated heterocycles. The number of hydrogen-bond acceptors (Lipinski definition) is 5. The Bertz CT molecular complexity index is 1510. The Balaban J connectivity index is 1.58. The Morgan fingerprint density at radius 2 is 1.85 bits per heavy atom. The number of nitrogens with zero attached hydrogens (tertiary/aromatic N) is 4. The molecular weight excluding hydrogens is 560 g/mol. The van der Waals surface area contributed by atoms with Gasteiger partial charge in [-0.3, -0.25) is 24.2 Å². The Labute approximate surface area is 228 Å². The summed E-state index contributed by atoms with van der Waals surface area (Å²) in [5, 5.41) is 7.33. The van der Waals surface area contributed by atoms with Crippen LogP contribution in [0.1, 0.15) is 35.6 Å². The van der Waals surface area contributed by atoms with E-state index >= 15 is 0 Å². The number of likely N-dealkylation sites (N-methyl/N-ethyl adjacent to an activating group) is 1. The molecule has 1 aliphatic heterocycles. The Morgan fingerprint density at radius 3 is 2.52 bits per heavy atom. The van der Waals surface area contributed by atoms with Crippen molar-refractivity contribution in [1.29, 1.82) is 0 Å². The molecule has 0 atom stereocenters. The van der Waals surface area contributed by atoms with Gasteiger partial charge in [-0.1, -0.05) is 12.1 Å². The summed E-state index contributed by atoms with van der Waals surface area (Å²) in [5.41, 5.74) is -1.94. The number of halogens is 6. The third-order valence-electron chi connectivity index (χ3n) is 5.93. The van der Waals surface area contributed by atoms with E-state index in [1.807, 2.05) is 0 Å². The van der Waals surface area contributed by atoms with Gasteiger partial charge in [0.05, 0.1) is 28.1 Å². The van der Waals surface area contributed by atoms with Gasteiger partial charge in [-0.2, -0.15) is 31.4 Å². The topological polar surface area (TPSA) is 79.6 Å². The Morgan fingerprint density at radius 1 is 1.10 bits per heavy atom. The molecule has 1 fully saturated rings. The molecule has 212 valence electrons. The van der Waals surface area contributed by atoms with Crippen LogP contribution in [-0.2, 0) is 23.7 Å². The summed E-state index contributed by atoms with van der Waals surface area (Å²) in [4.78, 5) is 29.8. The third kappa shape index (κ3) is 6.84. The van der Waals surface area contributed by atoms with Crippen LogP contribution in [0.5, 0.6) is 0 Å². The number of carbonyl (C=O) groups excluding carboxylic acids is 2. The number of benzene rings is 2. The lowest BCUT2D eigenvalue weighted by molar-refractivity contribution is -0.143. The summed E-state index contributed by atoms with van der Waals surface area (Å²) in [6.07, 6.45) is -6.03. The standard InChI is InChI=1S/C26H23F6N5O2S/c1-15(38)33-8-3-9-34-23-22(40-24(39)36(23)2)11-16-4-7-21-18(10-16)14-37(35-21)13-17-5-6-19(25(27,28)29)12-20(17)26(30,31)32/h4-7,10-12,14H,3,8-9,13H2,1-2H3,(H,33,38)/b22-11-,34-23?. The number of carbonyl (C=O) groups is 2. The quantitative estimate of drug-likeness (QED) is 0.266. The van der Waals surface area contributed by atoms with Crippen molar-refractivity contribution < 1.29 is 35.9 Å². The predicted octanol–water partition coefficient (Wildman–Crippen LogP) is 6.19. The fourth-order valence-electron chi connectivity index (χ4n) is 4.01. The molecule has 3 aromatic rings. The average Bonchev–Trinajstić information content (AvgIpc) is 3.37. The van der Waals surface area contributed by atoms with Crippen molar-refractivity contribution in [1.82, 2.24) is 20.0 Å². The van der Waals surface area contributed by atoms with Crippen molar-refractivity contribution in [2.24, 2.45) is 4.99 Å². The van der Waals surface area contributed by atoms with Crippen molar-refractivity contribution >= 4 is 45.7 Å². The van der Waals surface area contributed by atoms with Gasteiger partial charge < -0.3 is 5.32 Å². The molecule has 0 saturated carbocycles. The fraction of sp³-hybridized carbons (Fsp3) is 0.308. The number of alkyl halides is 6. The van der Waals surface area contributed by atoms with Crippen LogP contribution in [0.15, 0.2) is 52.5 Å². The number of amides is 2. The van der Waals surface area contributed by atoms with Crippen LogP contribution in [0.3, 0.4) is 0 Å². The van der Waals surface area contributed by atoms with E-state index in [1.54, 1.807) is 31.3 Å². The maximum absolute atomic E-state index is 13.5. The van der Waals surface area contributed by atoms with Crippen LogP contribution in [0.2, 0.25) is 0 Å². The lowest BCUT2D eigenvalue weighted by atomic mass is 10.0. The molecule has 40 heavy (non-hydrogen) atoms. The highest BCUT2D eigenvalue weighted by Crippen LogP contribution is 2.38. The normalized spacial score (nSPS) is 16.5. The van der Waals surface area contributed by atoms with Crippen molar-refractivity contribution in [3.05, 3.63) is 69.8 Å². The first-order valence-corrected chi connectivity index (χ1v) is 12.7. The number of thioether (sulfide) groups is 1. The van der Waals surface area contributed by atoms with E-state index in [-0.39, 0.29) is 29.3 Å². The number of aromatic nitrogens is 2. The van der Waals surface area contributed by atoms with Crippen molar-refractivity contribution in [3.8, 4) is 0 Å². The zero-order valence-corrected chi connectivity index (χ0v) is 22.0. The van der Waals surface area contributed by atoms with Gasteiger partial charge in [0, 0.05) is 38.6 Å². The molecule has 2 heterocycles. The second-order valence-corrected chi connectivity index (χ2v) is 9.98. The van der Waals surface area contributed by atoms with Gasteiger partial charge in [-0.05, 0) is 59.7 Å². The number of rotatable bonds is 7. The summed E-state index contributed by atoms with van der Waals surface area (Å²) >= 11 is 1.00. The van der Waals surface area contributed by atoms with Crippen molar-refractivity contribution in [2.75, 3.05) is 20.1 Å². The lowest BCUT2D eigenvalue weighted by Gasteiger charge is -2.16. The number of nitrogens with one attached hydrogen (secondary N) is 1. The summed E-state index contributed by atoms with van der Waals surface area (Å²) in [6.45, 7) is 1.87. The van der Waals surface area contributed by atoms with Gasteiger partial charge >= 0.3 is 12.4 Å². The summed E-state index contributed by atoms with van der Waals surface area (Å²) < 4.78 is 80.8. The smallest absolute Gasteiger partial charge is 0.356 e. The first-order chi connectivity index (χ1) is 18.7. The highest BCUT2D eigenvalue weighted by molar-refractivity contribution is 8.18. The lowest BCUT2D eigenvalue weighted by Crippen LogP contribution is -2.24. The van der Waals surface area contributed by atoms with E-state index in [0.717, 1.165) is 17.8 Å². The minimum absolute atomic E-state index is 0.111. The number of fused-ring (bicyclic) bond motifs is 1. The molecule has 0 spiro atoms. The molecule has 2 aromatic carbocycles. The first kappa shape index (κ1) is 29.2. The van der Waals surface area contributed by atoms with E-state index in [1.165, 1.54) is 22.7 Å². The first-order valence-electron chi connectivity index (χ1n) is 11.9. The Hall–Kier alpha value is -3.81. The van der Waals surface area contributed by atoms with Gasteiger partial charge in [0.1, 0.15) is 5.84 Å². The van der Waals surface area contributed by atoms with Gasteiger partial charge in [-0.25, -0.2) is 0 Å². The van der Waals surface area contributed by atoms with Gasteiger partial charge in [0.25, 0.3) is 5.24 Å². The van der Waals surface area contributed by atoms with Crippen LogP contribution in [0, 0.1) is 0 Å². The SMILES string of the molecule is CC(=O)NCCCN=C1/C(=C/c2ccc3nn(Cc4ccc(C(F)(F)F)cc4C(F)(F)F)cc3c2)SC(=O)N1C. The Kier molecular flexibility index (Phi) is 8.28. The van der Waals surface area contributed by atoms with Crippen molar-refractivity contribution in [2.45, 2.75) is 32.2 Å². The number of aliphatic imine (C=N–C) groups is 1. The van der Waals surface area contributed by atoms with Gasteiger partial charge in [0.15, 0.2) is 0 Å². The summed E-state index contributed by atoms with van der Waals surface area (Å²) in [7, 11) is 1.60. The zero-order valence-electron chi connectivity index (χ0n) is 21.2. The average molecular weight is 584 g/mol. The monoisotopic (exact) mass is 583 g/mol. The van der Waals surface area contributed by atoms with Gasteiger partial charge in [-0.15, -0.1) is 0 Å². The third-order valence-corrected chi connectivity index (χ3v) is 6.90. The zero-order chi connectivity index (χ0) is 29.2. The number of hydrogen-bond donors (Lipinski definition) is 1. The maximum Gasteiger partial charge on any atom is 0.416 e. The second-order valence-electron chi connectivity index (χ2n) is 8.99. The van der Waals surface area contributed by atoms with E-state index in [2.05, 4.69) is 15.4 Å². The molecule has 1 N–H and O–H groups in total. The molecule has 2 amide bonds. The van der Waals surface area contributed by atoms with E-state index in [0.29, 0.717) is 52.8 Å². The van der Waals surface area contributed by atoms with Gasteiger partial charge in [0.2, 0.25) is 5.91 Å². The maximum atomic E-state index is 13.5. The molecule has 0 radical (unpaired) electrons. The number of amidine groups is 1. The molecule has 4 rings (SSSR count). The highest BCUT2D eigenvalue weighted by Gasteiger charge is 2.38. The molecular formula is C26H23F6N5O2S. The van der Waals surface area contributed by atoms with E-state index in [4.69, 9.17) is 0 Å². The summed E-state index contributed by atoms with van der Waals surface area (Å²) in [6, 6.07) is 6.67. The van der Waals surface area contributed by atoms with Crippen molar-refractivity contribution in [3.63, 3.8) is 0 Å². The molecule has 1 aliphatic rings. The second kappa shape index (κ2) is 11.4. The molecule has 14 heteroatoms. The molecule has 7 nitrogen and oxygen atoms in total. The minimum Gasteiger partial charge on any atom is -0.356 e. The van der Waals surface area contributed by atoms with Crippen LogP contribution < -0.4 is 5.32 Å². The van der Waals surface area contributed by atoms with Crippen LogP contribution in [-0.4, -0.2) is 51.8 Å². The highest BCUT2D eigenvalue weighted by atomic mass is 32.2. The molecule has 0 aliphatic carbocycles. The molecule has 1 aromatic heterocycles.